The van der Waals surface area contributed by atoms with E-state index >= 15 is 0 Å². The van der Waals surface area contributed by atoms with E-state index < -0.39 is 9.84 Å². The number of thioether (sulfide) groups is 1. The minimum Gasteiger partial charge on any atom is -0.312 e. The smallest absolute Gasteiger partial charge is 0.147 e. The first-order valence-corrected chi connectivity index (χ1v) is 8.19. The van der Waals surface area contributed by atoms with Crippen LogP contribution in [0.2, 0.25) is 0 Å². The summed E-state index contributed by atoms with van der Waals surface area (Å²) in [7, 11) is -3.01. The maximum absolute atomic E-state index is 11.4. The molecule has 1 atom stereocenters. The van der Waals surface area contributed by atoms with Crippen LogP contribution < -0.4 is 5.32 Å². The summed E-state index contributed by atoms with van der Waals surface area (Å²) >= 11 is 1.84. The molecule has 88 valence electrons. The van der Waals surface area contributed by atoms with Crippen LogP contribution in [0, 0.1) is 0 Å². The van der Waals surface area contributed by atoms with E-state index in [9.17, 15) is 13.2 Å². The summed E-state index contributed by atoms with van der Waals surface area (Å²) in [6, 6.07) is 0.232. The Hall–Kier alpha value is -0.0700. The number of ketones is 1. The van der Waals surface area contributed by atoms with Gasteiger partial charge in [-0.2, -0.15) is 11.8 Å². The third-order valence-corrected chi connectivity index (χ3v) is 4.30. The van der Waals surface area contributed by atoms with Crippen LogP contribution in [0.25, 0.3) is 0 Å². The van der Waals surface area contributed by atoms with Gasteiger partial charge in [-0.1, -0.05) is 0 Å². The Kier molecular flexibility index (Phi) is 5.08. The van der Waals surface area contributed by atoms with Crippen molar-refractivity contribution < 1.29 is 13.2 Å². The molecule has 0 bridgehead atoms. The van der Waals surface area contributed by atoms with Crippen molar-refractivity contribution in [3.05, 3.63) is 0 Å². The molecule has 0 radical (unpaired) electrons. The maximum atomic E-state index is 11.4. The highest BCUT2D eigenvalue weighted by Gasteiger charge is 2.17. The van der Waals surface area contributed by atoms with Crippen LogP contribution in [0.3, 0.4) is 0 Å². The number of rotatable bonds is 5. The van der Waals surface area contributed by atoms with E-state index in [0.717, 1.165) is 24.3 Å². The van der Waals surface area contributed by atoms with Gasteiger partial charge in [-0.3, -0.25) is 4.79 Å². The van der Waals surface area contributed by atoms with Gasteiger partial charge in [0.15, 0.2) is 0 Å². The van der Waals surface area contributed by atoms with Crippen molar-refractivity contribution >= 4 is 27.4 Å². The van der Waals surface area contributed by atoms with Crippen LogP contribution in [0.15, 0.2) is 0 Å². The molecule has 0 spiro atoms. The molecular weight excluding hydrogens is 234 g/mol. The summed E-state index contributed by atoms with van der Waals surface area (Å²) in [5, 5.41) is 3.26. The third kappa shape index (κ3) is 6.17. The van der Waals surface area contributed by atoms with Gasteiger partial charge < -0.3 is 5.32 Å². The van der Waals surface area contributed by atoms with Crippen molar-refractivity contribution in [2.24, 2.45) is 0 Å². The number of carbonyl (C=O) groups excluding carboxylic acids is 1. The zero-order valence-corrected chi connectivity index (χ0v) is 10.5. The second-order valence-electron chi connectivity index (χ2n) is 3.85. The molecule has 0 aromatic heterocycles. The van der Waals surface area contributed by atoms with Gasteiger partial charge in [-0.05, 0) is 0 Å². The quantitative estimate of drug-likeness (QED) is 0.750. The molecule has 0 amide bonds. The standard InChI is InChI=1S/C9H17NO3S2/c1-15(12,13)5-2-9(11)6-8-7-14-4-3-10-8/h8,10H,2-7H2,1H3. The predicted molar refractivity (Wildman–Crippen MR) is 63.1 cm³/mol. The highest BCUT2D eigenvalue weighted by Crippen LogP contribution is 2.11. The van der Waals surface area contributed by atoms with Gasteiger partial charge in [0.1, 0.15) is 15.6 Å². The molecule has 1 unspecified atom stereocenters. The number of Topliss-reactive ketones (excluding diaryl/α,β-unsaturated/α-hetero) is 1. The van der Waals surface area contributed by atoms with Gasteiger partial charge in [-0.25, -0.2) is 8.42 Å². The Balaban J connectivity index is 2.23. The molecule has 0 aromatic rings. The molecule has 15 heavy (non-hydrogen) atoms. The molecular formula is C9H17NO3S2. The first kappa shape index (κ1) is 13.0. The lowest BCUT2D eigenvalue weighted by molar-refractivity contribution is -0.119. The van der Waals surface area contributed by atoms with E-state index in [4.69, 9.17) is 0 Å². The summed E-state index contributed by atoms with van der Waals surface area (Å²) in [6.07, 6.45) is 1.78. The largest absolute Gasteiger partial charge is 0.312 e. The van der Waals surface area contributed by atoms with E-state index in [2.05, 4.69) is 5.32 Å². The van der Waals surface area contributed by atoms with E-state index in [1.54, 1.807) is 0 Å². The first-order chi connectivity index (χ1) is 6.97. The summed E-state index contributed by atoms with van der Waals surface area (Å²) in [4.78, 5) is 11.4. The molecule has 1 fully saturated rings. The molecule has 1 N–H and O–H groups in total. The molecule has 0 saturated carbocycles. The van der Waals surface area contributed by atoms with Crippen LogP contribution in [0.4, 0.5) is 0 Å². The number of hydrogen-bond acceptors (Lipinski definition) is 5. The van der Waals surface area contributed by atoms with E-state index in [-0.39, 0.29) is 24.0 Å². The van der Waals surface area contributed by atoms with Gasteiger partial charge in [-0.15, -0.1) is 0 Å². The molecule has 1 aliphatic heterocycles. The van der Waals surface area contributed by atoms with Gasteiger partial charge in [0.05, 0.1) is 5.75 Å². The van der Waals surface area contributed by atoms with E-state index in [1.165, 1.54) is 0 Å². The molecule has 0 aromatic carbocycles. The molecule has 1 heterocycles. The summed E-state index contributed by atoms with van der Waals surface area (Å²) in [5.74, 6) is 2.06. The summed E-state index contributed by atoms with van der Waals surface area (Å²) < 4.78 is 21.7. The lowest BCUT2D eigenvalue weighted by Crippen LogP contribution is -2.39. The second-order valence-corrected chi connectivity index (χ2v) is 7.26. The minimum absolute atomic E-state index is 0.0221. The van der Waals surface area contributed by atoms with Gasteiger partial charge >= 0.3 is 0 Å². The van der Waals surface area contributed by atoms with Gasteiger partial charge in [0.25, 0.3) is 0 Å². The Morgan fingerprint density at radius 3 is 2.80 bits per heavy atom. The van der Waals surface area contributed by atoms with Crippen LogP contribution in [0.5, 0.6) is 0 Å². The van der Waals surface area contributed by atoms with Crippen molar-refractivity contribution in [2.75, 3.05) is 30.1 Å². The molecule has 1 aliphatic rings. The highest BCUT2D eigenvalue weighted by atomic mass is 32.2. The summed E-state index contributed by atoms with van der Waals surface area (Å²) in [5.41, 5.74) is 0. The van der Waals surface area contributed by atoms with Crippen LogP contribution in [0.1, 0.15) is 12.8 Å². The normalized spacial score (nSPS) is 22.6. The number of carbonyl (C=O) groups is 1. The SMILES string of the molecule is CS(=O)(=O)CCC(=O)CC1CSCCN1. The van der Waals surface area contributed by atoms with E-state index in [0.29, 0.717) is 6.42 Å². The van der Waals surface area contributed by atoms with Crippen molar-refractivity contribution in [3.8, 4) is 0 Å². The Morgan fingerprint density at radius 2 is 2.27 bits per heavy atom. The maximum Gasteiger partial charge on any atom is 0.147 e. The third-order valence-electron chi connectivity index (χ3n) is 2.22. The summed E-state index contributed by atoms with van der Waals surface area (Å²) in [6.45, 7) is 0.939. The predicted octanol–water partition coefficient (Wildman–Crippen LogP) is 0.0853. The molecule has 1 rings (SSSR count). The topological polar surface area (TPSA) is 63.2 Å². The van der Waals surface area contributed by atoms with Gasteiger partial charge in [0.2, 0.25) is 0 Å². The Bertz CT molecular complexity index is 307. The van der Waals surface area contributed by atoms with Crippen molar-refractivity contribution in [3.63, 3.8) is 0 Å². The Morgan fingerprint density at radius 1 is 1.53 bits per heavy atom. The van der Waals surface area contributed by atoms with Crippen molar-refractivity contribution in [1.29, 1.82) is 0 Å². The zero-order chi connectivity index (χ0) is 11.3. The first-order valence-electron chi connectivity index (χ1n) is 4.98. The number of hydrogen-bond donors (Lipinski definition) is 1. The van der Waals surface area contributed by atoms with Crippen molar-refractivity contribution in [2.45, 2.75) is 18.9 Å². The second kappa shape index (κ2) is 5.86. The van der Waals surface area contributed by atoms with Crippen LogP contribution in [-0.4, -0.2) is 50.3 Å². The fraction of sp³-hybridized carbons (Fsp3) is 0.889. The number of nitrogens with one attached hydrogen (secondary N) is 1. The lowest BCUT2D eigenvalue weighted by Gasteiger charge is -2.22. The fourth-order valence-electron chi connectivity index (χ4n) is 1.43. The minimum atomic E-state index is -3.01. The monoisotopic (exact) mass is 251 g/mol. The average Bonchev–Trinajstić information content (AvgIpc) is 2.15. The molecule has 6 heteroatoms. The fourth-order valence-corrected chi connectivity index (χ4v) is 2.97. The highest BCUT2D eigenvalue weighted by molar-refractivity contribution is 7.99. The van der Waals surface area contributed by atoms with Crippen LogP contribution in [-0.2, 0) is 14.6 Å². The average molecular weight is 251 g/mol. The molecule has 0 aliphatic carbocycles. The molecule has 1 saturated heterocycles. The molecule has 4 nitrogen and oxygen atoms in total. The zero-order valence-electron chi connectivity index (χ0n) is 8.86. The number of sulfone groups is 1. The van der Waals surface area contributed by atoms with Gasteiger partial charge in [0, 0.05) is 43.2 Å². The Labute approximate surface area is 95.1 Å². The van der Waals surface area contributed by atoms with Crippen LogP contribution >= 0.6 is 11.8 Å². The van der Waals surface area contributed by atoms with Crippen molar-refractivity contribution in [1.82, 2.24) is 5.32 Å². The van der Waals surface area contributed by atoms with E-state index in [1.807, 2.05) is 11.8 Å². The lowest BCUT2D eigenvalue weighted by atomic mass is 10.1.